The van der Waals surface area contributed by atoms with Crippen molar-refractivity contribution in [1.82, 2.24) is 0 Å². The van der Waals surface area contributed by atoms with Crippen LogP contribution in [0.2, 0.25) is 0 Å². The zero-order chi connectivity index (χ0) is 32.3. The minimum atomic E-state index is -5.85. The first-order valence-electron chi connectivity index (χ1n) is 10.7. The van der Waals surface area contributed by atoms with Crippen LogP contribution in [0.4, 0.5) is 0 Å². The second-order valence-corrected chi connectivity index (χ2v) is 16.2. The summed E-state index contributed by atoms with van der Waals surface area (Å²) in [5, 5.41) is 11.7. The molecule has 42 heavy (non-hydrogen) atoms. The van der Waals surface area contributed by atoms with Crippen LogP contribution in [0.1, 0.15) is 13.3 Å². The molecule has 2 heterocycles. The van der Waals surface area contributed by atoms with Crippen molar-refractivity contribution in [1.29, 1.82) is 0 Å². The van der Waals surface area contributed by atoms with Gasteiger partial charge in [-0.25, -0.2) is 33.7 Å². The van der Waals surface area contributed by atoms with Crippen molar-refractivity contribution < 1.29 is 100 Å². The molecule has 0 saturated carbocycles. The maximum absolute atomic E-state index is 12.1. The molecule has 0 aromatic carbocycles. The summed E-state index contributed by atoms with van der Waals surface area (Å²) in [5.41, 5.74) is 0. The molecule has 2 aliphatic heterocycles. The van der Waals surface area contributed by atoms with Crippen LogP contribution >= 0.6 is 24.1 Å². The van der Waals surface area contributed by atoms with Crippen LogP contribution in [0, 0.1) is 0 Å². The highest BCUT2D eigenvalue weighted by atomic mass is 32.2. The molecule has 250 valence electrons. The van der Waals surface area contributed by atoms with E-state index in [2.05, 4.69) is 18.7 Å². The van der Waals surface area contributed by atoms with E-state index in [9.17, 15) is 62.4 Å². The van der Waals surface area contributed by atoms with E-state index in [1.165, 1.54) is 6.92 Å². The Labute approximate surface area is 247 Å². The zero-order valence-electron chi connectivity index (χ0n) is 20.6. The summed E-state index contributed by atoms with van der Waals surface area (Å²) < 4.78 is 173. The van der Waals surface area contributed by atoms with Crippen LogP contribution in [0.25, 0.3) is 0 Å². The van der Waals surface area contributed by atoms with Crippen LogP contribution in [-0.4, -0.2) is 122 Å². The maximum atomic E-state index is 12.1. The van der Waals surface area contributed by atoms with Gasteiger partial charge in [0.1, 0.15) is 51.0 Å². The Morgan fingerprint density at radius 1 is 0.643 bits per heavy atom. The van der Waals surface area contributed by atoms with Crippen molar-refractivity contribution in [2.45, 2.75) is 69.6 Å². The van der Waals surface area contributed by atoms with E-state index in [0.717, 1.165) is 7.11 Å². The van der Waals surface area contributed by atoms with Crippen molar-refractivity contribution in [3.8, 4) is 0 Å². The van der Waals surface area contributed by atoms with E-state index in [1.54, 1.807) is 0 Å². The number of methoxy groups -OCH3 is 1. The summed E-state index contributed by atoms with van der Waals surface area (Å²) in [6, 6.07) is 0. The topological polar surface area (TPSA) is 349 Å². The molecule has 2 fully saturated rings. The van der Waals surface area contributed by atoms with Crippen molar-refractivity contribution in [2.75, 3.05) is 13.7 Å². The smallest absolute Gasteiger partial charge is 0.174 e. The Bertz CT molecular complexity index is 1320. The van der Waals surface area contributed by atoms with Crippen LogP contribution in [0.15, 0.2) is 0 Å². The number of ether oxygens (including phenoxy) is 4. The first kappa shape index (κ1) is 38.1. The molecule has 2 rings (SSSR count). The molecule has 2 aliphatic rings. The van der Waals surface area contributed by atoms with Crippen LogP contribution in [0.5, 0.6) is 0 Å². The third-order valence-electron chi connectivity index (χ3n) is 5.93. The van der Waals surface area contributed by atoms with Gasteiger partial charge in [-0.2, -0.15) is 8.67 Å². The van der Waals surface area contributed by atoms with Gasteiger partial charge >= 0.3 is 0 Å². The first-order valence-corrected chi connectivity index (χ1v) is 18.2. The highest BCUT2D eigenvalue weighted by Gasteiger charge is 2.56. The molecule has 0 amide bonds. The quantitative estimate of drug-likeness (QED) is 0.0656. The fraction of sp³-hybridized carbons (Fsp3) is 1.00. The van der Waals surface area contributed by atoms with Crippen molar-refractivity contribution in [3.63, 3.8) is 0 Å². The fourth-order valence-corrected chi connectivity index (χ4v) is 12.5. The molecular weight excluding hydrogens is 713 g/mol. The molecule has 28 heteroatoms. The second-order valence-electron chi connectivity index (χ2n) is 8.29. The Hall–Kier alpha value is -0.0600. The molecule has 2 saturated heterocycles. The average molecular weight is 733 g/mol. The van der Waals surface area contributed by atoms with Gasteiger partial charge in [-0.3, -0.25) is 10.1 Å². The first-order chi connectivity index (χ1) is 19.2. The SMILES string of the molecule is CCC1OC(OCC2OC(OC)C(S(=O)(=O)[O-])C(S(=O)(=O)[O-])C2SOO[O-])C(S(=O)(=O)[O-])C(S(=O)(=O)[O-])C1SOO[O-]. The number of rotatable bonds is 15. The molecule has 0 aromatic rings. The summed E-state index contributed by atoms with van der Waals surface area (Å²) in [4.78, 5) is 0. The fourth-order valence-electron chi connectivity index (χ4n) is 4.35. The largest absolute Gasteiger partial charge is 0.748 e. The molecule has 0 bridgehead atoms. The van der Waals surface area contributed by atoms with Crippen LogP contribution < -0.4 is 10.5 Å². The van der Waals surface area contributed by atoms with E-state index in [4.69, 9.17) is 18.9 Å². The Morgan fingerprint density at radius 3 is 1.38 bits per heavy atom. The lowest BCUT2D eigenvalue weighted by atomic mass is 10.0. The summed E-state index contributed by atoms with van der Waals surface area (Å²) in [7, 11) is -22.4. The predicted molar refractivity (Wildman–Crippen MR) is 122 cm³/mol. The highest BCUT2D eigenvalue weighted by Crippen LogP contribution is 2.41. The lowest BCUT2D eigenvalue weighted by Crippen LogP contribution is -2.64. The van der Waals surface area contributed by atoms with Gasteiger partial charge in [0.25, 0.3) is 0 Å². The van der Waals surface area contributed by atoms with E-state index in [-0.39, 0.29) is 30.5 Å². The van der Waals surface area contributed by atoms with E-state index in [0.29, 0.717) is 0 Å². The predicted octanol–water partition coefficient (Wildman–Crippen LogP) is -5.35. The van der Waals surface area contributed by atoms with E-state index in [1.807, 2.05) is 0 Å². The van der Waals surface area contributed by atoms with Gasteiger partial charge in [0.05, 0.1) is 39.8 Å². The molecule has 10 atom stereocenters. The van der Waals surface area contributed by atoms with Gasteiger partial charge in [0.15, 0.2) is 12.6 Å². The number of hydrogen-bond donors (Lipinski definition) is 0. The van der Waals surface area contributed by atoms with Crippen LogP contribution in [0.3, 0.4) is 0 Å². The lowest BCUT2D eigenvalue weighted by Gasteiger charge is -2.48. The van der Waals surface area contributed by atoms with Gasteiger partial charge in [-0.05, 0) is 6.42 Å². The van der Waals surface area contributed by atoms with Crippen molar-refractivity contribution >= 4 is 64.6 Å². The third-order valence-corrected chi connectivity index (χ3v) is 13.4. The summed E-state index contributed by atoms with van der Waals surface area (Å²) >= 11 is -0.462. The summed E-state index contributed by atoms with van der Waals surface area (Å²) in [5.74, 6) is 0. The average Bonchev–Trinajstić information content (AvgIpc) is 2.85. The Kier molecular flexibility index (Phi) is 13.6. The highest BCUT2D eigenvalue weighted by molar-refractivity contribution is 7.97. The minimum Gasteiger partial charge on any atom is -0.748 e. The summed E-state index contributed by atoms with van der Waals surface area (Å²) in [6.07, 6.45) is -8.46. The molecule has 0 radical (unpaired) electrons. The molecular formula is C14H20O22S6-6. The normalized spacial score (nSPS) is 35.2. The molecule has 10 unspecified atom stereocenters. The summed E-state index contributed by atoms with van der Waals surface area (Å²) in [6.45, 7) is 0.121. The van der Waals surface area contributed by atoms with Gasteiger partial charge in [-0.1, -0.05) is 6.92 Å². The maximum Gasteiger partial charge on any atom is 0.174 e. The standard InChI is InChI=1S/C14H26O22S6/c1-3-5-7(37-35-33-15)9(39(17,18)19)12(42(26,27)28)14(31-5)30-4-6-8(38-36-34-16)10(40(20,21)22)11(41(23,24)25)13(29-2)32-6/h5-16H,3-4H2,1-2H3,(H,17,18,19)(H,20,21,22)(H,23,24,25)(H,26,27,28)/p-6. The van der Waals surface area contributed by atoms with Gasteiger partial charge in [-0.15, -0.1) is 0 Å². The van der Waals surface area contributed by atoms with Gasteiger partial charge < -0.3 is 47.7 Å². The molecule has 0 aromatic heterocycles. The van der Waals surface area contributed by atoms with Gasteiger partial charge in [0.2, 0.25) is 0 Å². The second kappa shape index (κ2) is 15.0. The van der Waals surface area contributed by atoms with Crippen LogP contribution in [-0.2, 0) is 78.2 Å². The molecule has 0 aliphatic carbocycles. The Morgan fingerprint density at radius 2 is 1.02 bits per heavy atom. The molecule has 0 N–H and O–H groups in total. The van der Waals surface area contributed by atoms with E-state index >= 15 is 0 Å². The monoisotopic (exact) mass is 732 g/mol. The third kappa shape index (κ3) is 9.24. The van der Waals surface area contributed by atoms with E-state index < -0.39 is 103 Å². The zero-order valence-corrected chi connectivity index (χ0v) is 25.5. The Balaban J connectivity index is 2.57. The minimum absolute atomic E-state index is 0.139. The van der Waals surface area contributed by atoms with Crippen molar-refractivity contribution in [3.05, 3.63) is 0 Å². The van der Waals surface area contributed by atoms with Crippen molar-refractivity contribution in [2.24, 2.45) is 0 Å². The molecule has 22 nitrogen and oxygen atoms in total. The lowest BCUT2D eigenvalue weighted by molar-refractivity contribution is -0.777. The molecule has 0 spiro atoms. The van der Waals surface area contributed by atoms with Gasteiger partial charge in [0, 0.05) is 31.2 Å². The number of hydrogen-bond acceptors (Lipinski definition) is 24.